The summed E-state index contributed by atoms with van der Waals surface area (Å²) in [5.41, 5.74) is 2.89. The molecular formula is C17H23IN5P. The number of pyridine rings is 1. The lowest BCUT2D eigenvalue weighted by Gasteiger charge is -2.15. The summed E-state index contributed by atoms with van der Waals surface area (Å²) in [6.45, 7) is 3.32. The molecule has 0 saturated carbocycles. The van der Waals surface area contributed by atoms with Crippen molar-refractivity contribution in [3.05, 3.63) is 36.3 Å². The van der Waals surface area contributed by atoms with Crippen LogP contribution in [-0.2, 0) is 6.54 Å². The lowest BCUT2D eigenvalue weighted by molar-refractivity contribution is 0.409. The van der Waals surface area contributed by atoms with Crippen LogP contribution in [0.15, 0.2) is 30.7 Å². The highest BCUT2D eigenvalue weighted by Crippen LogP contribution is 2.23. The second kappa shape index (κ2) is 8.92. The van der Waals surface area contributed by atoms with Crippen LogP contribution in [0.5, 0.6) is 0 Å². The fourth-order valence-electron chi connectivity index (χ4n) is 3.25. The summed E-state index contributed by atoms with van der Waals surface area (Å²) in [5, 5.41) is 15.4. The minimum atomic E-state index is 0.596. The summed E-state index contributed by atoms with van der Waals surface area (Å²) in [7, 11) is 0. The van der Waals surface area contributed by atoms with Gasteiger partial charge in [0.1, 0.15) is 5.65 Å². The van der Waals surface area contributed by atoms with Gasteiger partial charge in [-0.15, -0.1) is 0 Å². The summed E-state index contributed by atoms with van der Waals surface area (Å²) >= 11 is 2.28. The maximum absolute atomic E-state index is 7.61. The van der Waals surface area contributed by atoms with Gasteiger partial charge in [0.25, 0.3) is 0 Å². The van der Waals surface area contributed by atoms with Crippen LogP contribution in [0.4, 0.5) is 0 Å². The van der Waals surface area contributed by atoms with E-state index in [1.54, 1.807) is 0 Å². The molecule has 0 spiro atoms. The first-order valence-electron chi connectivity index (χ1n) is 8.29. The molecule has 3 N–H and O–H groups in total. The Morgan fingerprint density at radius 1 is 1.50 bits per heavy atom. The van der Waals surface area contributed by atoms with Gasteiger partial charge in [-0.3, -0.25) is 0 Å². The number of allylic oxidation sites excluding steroid dienone is 1. The van der Waals surface area contributed by atoms with Crippen LogP contribution in [0, 0.1) is 11.3 Å². The molecule has 3 heterocycles. The highest BCUT2D eigenvalue weighted by molar-refractivity contribution is 14.2. The molecule has 1 aliphatic rings. The smallest absolute Gasteiger partial charge is 0.139 e. The van der Waals surface area contributed by atoms with E-state index < -0.39 is 0 Å². The molecule has 2 aromatic heterocycles. The second-order valence-corrected chi connectivity index (χ2v) is 8.23. The van der Waals surface area contributed by atoms with E-state index in [2.05, 4.69) is 60.3 Å². The van der Waals surface area contributed by atoms with Gasteiger partial charge in [0.15, 0.2) is 0 Å². The molecule has 0 amide bonds. The van der Waals surface area contributed by atoms with Crippen molar-refractivity contribution in [3.8, 4) is 0 Å². The van der Waals surface area contributed by atoms with Crippen molar-refractivity contribution in [2.45, 2.75) is 25.8 Å². The number of rotatable bonds is 6. The fourth-order valence-corrected chi connectivity index (χ4v) is 3.93. The summed E-state index contributed by atoms with van der Waals surface area (Å²) in [5.74, 6) is 0.725. The van der Waals surface area contributed by atoms with E-state index in [-0.39, 0.29) is 0 Å². The van der Waals surface area contributed by atoms with Crippen LogP contribution in [0.2, 0.25) is 0 Å². The topological polar surface area (TPSA) is 65.7 Å². The highest BCUT2D eigenvalue weighted by atomic mass is 127. The number of nitrogens with zero attached hydrogens (tertiary/aromatic N) is 2. The molecule has 24 heavy (non-hydrogen) atoms. The lowest BCUT2D eigenvalue weighted by Crippen LogP contribution is -2.15. The van der Waals surface area contributed by atoms with Gasteiger partial charge in [-0.2, -0.15) is 0 Å². The van der Waals surface area contributed by atoms with E-state index in [0.29, 0.717) is 6.37 Å². The van der Waals surface area contributed by atoms with Crippen LogP contribution in [0.3, 0.4) is 0 Å². The second-order valence-electron chi connectivity index (χ2n) is 6.13. The van der Waals surface area contributed by atoms with Crippen LogP contribution in [0.1, 0.15) is 24.8 Å². The van der Waals surface area contributed by atoms with Crippen molar-refractivity contribution in [2.24, 2.45) is 5.92 Å². The summed E-state index contributed by atoms with van der Waals surface area (Å²) in [4.78, 5) is 4.68. The SMILES string of the molecule is N=C/C(=C\NPI)c1cnc2c(ccn2CC2CCCNCC2)c1. The monoisotopic (exact) mass is 455 g/mol. The van der Waals surface area contributed by atoms with Crippen LogP contribution in [0.25, 0.3) is 16.6 Å². The van der Waals surface area contributed by atoms with Crippen LogP contribution >= 0.6 is 28.4 Å². The summed E-state index contributed by atoms with van der Waals surface area (Å²) in [6, 6.07) is 4.26. The largest absolute Gasteiger partial charge is 0.364 e. The van der Waals surface area contributed by atoms with Gasteiger partial charge in [0.2, 0.25) is 0 Å². The molecule has 5 nitrogen and oxygen atoms in total. The van der Waals surface area contributed by atoms with E-state index in [1.165, 1.54) is 25.5 Å². The third kappa shape index (κ3) is 4.35. The van der Waals surface area contributed by atoms with Gasteiger partial charge in [-0.05, 0) is 72.4 Å². The number of halogens is 1. The molecule has 0 aromatic carbocycles. The molecule has 1 aliphatic heterocycles. The Hall–Kier alpha value is -0.980. The number of hydrogen-bond acceptors (Lipinski definition) is 4. The molecule has 128 valence electrons. The molecule has 3 rings (SSSR count). The first kappa shape index (κ1) is 17.8. The average molecular weight is 455 g/mol. The molecule has 0 radical (unpaired) electrons. The van der Waals surface area contributed by atoms with Crippen molar-refractivity contribution in [3.63, 3.8) is 0 Å². The third-order valence-corrected chi connectivity index (χ3v) is 5.71. The molecule has 0 aliphatic carbocycles. The summed E-state index contributed by atoms with van der Waals surface area (Å²) in [6.07, 6.45) is 11.7. The molecule has 0 bridgehead atoms. The Morgan fingerprint density at radius 2 is 2.42 bits per heavy atom. The van der Waals surface area contributed by atoms with Crippen molar-refractivity contribution < 1.29 is 0 Å². The van der Waals surface area contributed by atoms with Gasteiger partial charge >= 0.3 is 0 Å². The lowest BCUT2D eigenvalue weighted by atomic mass is 10.0. The molecule has 2 atom stereocenters. The van der Waals surface area contributed by atoms with Crippen molar-refractivity contribution in [2.75, 3.05) is 13.1 Å². The third-order valence-electron chi connectivity index (χ3n) is 4.52. The standard InChI is InChI=1S/C17H23IN5P/c18-24-22-11-16(9-19)15-8-14-4-7-23(17(14)21-10-15)12-13-2-1-5-20-6-3-13/h4,7-11,13,19-20,22,24H,1-3,5-6,12H2/b16-11+,19-9?. The number of nitrogens with one attached hydrogen (secondary N) is 3. The van der Waals surface area contributed by atoms with E-state index in [1.807, 2.05) is 12.4 Å². The molecule has 1 saturated heterocycles. The first-order valence-corrected chi connectivity index (χ1v) is 12.4. The van der Waals surface area contributed by atoms with E-state index >= 15 is 0 Å². The molecular weight excluding hydrogens is 432 g/mol. The maximum Gasteiger partial charge on any atom is 0.139 e. The highest BCUT2D eigenvalue weighted by Gasteiger charge is 2.14. The predicted molar refractivity (Wildman–Crippen MR) is 112 cm³/mol. The predicted octanol–water partition coefficient (Wildman–Crippen LogP) is 3.95. The van der Waals surface area contributed by atoms with Gasteiger partial charge in [0.05, 0.1) is 0 Å². The Labute approximate surface area is 157 Å². The van der Waals surface area contributed by atoms with Crippen molar-refractivity contribution in [1.29, 1.82) is 5.41 Å². The maximum atomic E-state index is 7.61. The van der Waals surface area contributed by atoms with Gasteiger partial charge in [0, 0.05) is 54.2 Å². The minimum absolute atomic E-state index is 0.596. The van der Waals surface area contributed by atoms with Crippen LogP contribution in [-0.4, -0.2) is 28.9 Å². The number of fused-ring (bicyclic) bond motifs is 1. The molecule has 7 heteroatoms. The Morgan fingerprint density at radius 3 is 3.25 bits per heavy atom. The molecule has 2 aromatic rings. The quantitative estimate of drug-likeness (QED) is 0.351. The van der Waals surface area contributed by atoms with Gasteiger partial charge < -0.3 is 20.4 Å². The number of aromatic nitrogens is 2. The Balaban J connectivity index is 1.81. The normalized spacial score (nSPS) is 19.7. The van der Waals surface area contributed by atoms with Crippen LogP contribution < -0.4 is 10.4 Å². The molecule has 2 unspecified atom stereocenters. The fraction of sp³-hybridized carbons (Fsp3) is 0.412. The van der Waals surface area contributed by atoms with Gasteiger partial charge in [-0.1, -0.05) is 0 Å². The van der Waals surface area contributed by atoms with Gasteiger partial charge in [-0.25, -0.2) is 4.98 Å². The summed E-state index contributed by atoms with van der Waals surface area (Å²) < 4.78 is 2.29. The minimum Gasteiger partial charge on any atom is -0.364 e. The van der Waals surface area contributed by atoms with Crippen molar-refractivity contribution in [1.82, 2.24) is 20.0 Å². The number of hydrogen-bond donors (Lipinski definition) is 3. The zero-order valence-electron chi connectivity index (χ0n) is 13.6. The zero-order valence-corrected chi connectivity index (χ0v) is 16.7. The first-order chi connectivity index (χ1) is 11.8. The van der Waals surface area contributed by atoms with Crippen molar-refractivity contribution >= 4 is 51.2 Å². The van der Waals surface area contributed by atoms with E-state index in [0.717, 1.165) is 47.7 Å². The van der Waals surface area contributed by atoms with E-state index in [9.17, 15) is 0 Å². The van der Waals surface area contributed by atoms with E-state index in [4.69, 9.17) is 5.41 Å². The Bertz CT molecular complexity index is 719. The Kier molecular flexibility index (Phi) is 6.63. The molecule has 1 fully saturated rings. The zero-order chi connectivity index (χ0) is 16.8. The average Bonchev–Trinajstić information content (AvgIpc) is 2.82.